The number of hydrogen-bond donors (Lipinski definition) is 0. The first-order valence-electron chi connectivity index (χ1n) is 12.1. The van der Waals surface area contributed by atoms with E-state index in [9.17, 15) is 0 Å². The monoisotopic (exact) mass is 385 g/mol. The van der Waals surface area contributed by atoms with Crippen LogP contribution in [0.1, 0.15) is 87.8 Å². The predicted octanol–water partition coefficient (Wildman–Crippen LogP) is 7.97. The van der Waals surface area contributed by atoms with Gasteiger partial charge >= 0.3 is 0 Å². The molecule has 0 aromatic heterocycles. The lowest BCUT2D eigenvalue weighted by molar-refractivity contribution is 0.0164. The van der Waals surface area contributed by atoms with Gasteiger partial charge < -0.3 is 0 Å². The lowest BCUT2D eigenvalue weighted by atomic mass is 9.42. The predicted molar refractivity (Wildman–Crippen MR) is 124 cm³/mol. The van der Waals surface area contributed by atoms with Crippen molar-refractivity contribution in [2.75, 3.05) is 0 Å². The molecule has 0 amide bonds. The Labute approximate surface area is 178 Å². The lowest BCUT2D eigenvalue weighted by Crippen LogP contribution is -2.54. The van der Waals surface area contributed by atoms with Gasteiger partial charge in [-0.05, 0) is 68.2 Å². The van der Waals surface area contributed by atoms with Crippen molar-refractivity contribution in [3.8, 4) is 0 Å². The van der Waals surface area contributed by atoms with Crippen LogP contribution in [0.25, 0.3) is 0 Å². The van der Waals surface area contributed by atoms with E-state index in [0.29, 0.717) is 10.8 Å². The van der Waals surface area contributed by atoms with Crippen LogP contribution >= 0.6 is 0 Å². The van der Waals surface area contributed by atoms with Crippen LogP contribution in [0.5, 0.6) is 0 Å². The standard InChI is InChI=1S/C29H37/c1-4-23-12-14-25(22(3)19-23)29-17-9-6-10-27(29)28(15-7-5-8-16-28)26-13-11-21(2)18-24(26)20-29/h11-14,18-19,27H,2,4-10,15-17,20H2,1,3H3/q+1. The Morgan fingerprint density at radius 2 is 1.79 bits per heavy atom. The number of allylic oxidation sites excluding steroid dienone is 5. The highest BCUT2D eigenvalue weighted by Gasteiger charge is 2.60. The summed E-state index contributed by atoms with van der Waals surface area (Å²) >= 11 is 0. The molecule has 29 heavy (non-hydrogen) atoms. The van der Waals surface area contributed by atoms with E-state index in [1.54, 1.807) is 16.7 Å². The topological polar surface area (TPSA) is 0 Å². The fourth-order valence-corrected chi connectivity index (χ4v) is 7.79. The van der Waals surface area contributed by atoms with Crippen molar-refractivity contribution in [2.24, 2.45) is 11.3 Å². The summed E-state index contributed by atoms with van der Waals surface area (Å²) in [5.74, 6) is 0.804. The second kappa shape index (κ2) is 7.22. The zero-order chi connectivity index (χ0) is 20.1. The van der Waals surface area contributed by atoms with Crippen LogP contribution in [0, 0.1) is 24.7 Å². The minimum absolute atomic E-state index is 0.326. The Kier molecular flexibility index (Phi) is 4.80. The zero-order valence-electron chi connectivity index (χ0n) is 18.5. The summed E-state index contributed by atoms with van der Waals surface area (Å²) in [4.78, 5) is 0. The van der Waals surface area contributed by atoms with Crippen molar-refractivity contribution in [1.29, 1.82) is 0 Å². The molecular formula is C29H37+. The van der Waals surface area contributed by atoms with Gasteiger partial charge in [-0.25, -0.2) is 0 Å². The van der Waals surface area contributed by atoms with Gasteiger partial charge in [0, 0.05) is 47.0 Å². The van der Waals surface area contributed by atoms with E-state index in [2.05, 4.69) is 57.2 Å². The smallest absolute Gasteiger partial charge is 0.0613 e. The molecule has 3 fully saturated rings. The van der Waals surface area contributed by atoms with Crippen molar-refractivity contribution in [2.45, 2.75) is 89.9 Å². The van der Waals surface area contributed by atoms with Crippen molar-refractivity contribution in [3.05, 3.63) is 76.8 Å². The van der Waals surface area contributed by atoms with Crippen LogP contribution in [-0.4, -0.2) is 0 Å². The minimum Gasteiger partial charge on any atom is -0.0613 e. The lowest BCUT2D eigenvalue weighted by Gasteiger charge is -2.59. The number of aryl methyl sites for hydroxylation is 2. The van der Waals surface area contributed by atoms with Gasteiger partial charge in [0.05, 0.1) is 5.57 Å². The van der Waals surface area contributed by atoms with Gasteiger partial charge in [0.1, 0.15) is 0 Å². The maximum atomic E-state index is 4.30. The van der Waals surface area contributed by atoms with Gasteiger partial charge in [0.15, 0.2) is 0 Å². The fourth-order valence-electron chi connectivity index (χ4n) is 7.79. The minimum atomic E-state index is 0.326. The van der Waals surface area contributed by atoms with Crippen molar-refractivity contribution in [1.82, 2.24) is 0 Å². The molecule has 1 aromatic rings. The largest absolute Gasteiger partial charge is 0.0890 e. The molecule has 1 aromatic carbocycles. The van der Waals surface area contributed by atoms with Crippen LogP contribution in [0.2, 0.25) is 0 Å². The Hall–Kier alpha value is -1.69. The van der Waals surface area contributed by atoms with E-state index >= 15 is 0 Å². The van der Waals surface area contributed by atoms with Crippen LogP contribution in [0.15, 0.2) is 53.6 Å². The molecule has 2 unspecified atom stereocenters. The van der Waals surface area contributed by atoms with E-state index in [1.807, 2.05) is 0 Å². The average molecular weight is 386 g/mol. The van der Waals surface area contributed by atoms with Gasteiger partial charge in [-0.3, -0.25) is 0 Å². The first-order valence-corrected chi connectivity index (χ1v) is 12.1. The quantitative estimate of drug-likeness (QED) is 0.453. The third-order valence-corrected chi connectivity index (χ3v) is 8.89. The maximum Gasteiger partial charge on any atom is 0.0890 e. The number of hydrogen-bond acceptors (Lipinski definition) is 0. The summed E-state index contributed by atoms with van der Waals surface area (Å²) in [6.07, 6.45) is 22.2. The van der Waals surface area contributed by atoms with Crippen molar-refractivity contribution in [3.63, 3.8) is 0 Å². The summed E-state index contributed by atoms with van der Waals surface area (Å²) in [7, 11) is 0. The second-order valence-electron chi connectivity index (χ2n) is 10.3. The Balaban J connectivity index is 1.71. The van der Waals surface area contributed by atoms with Gasteiger partial charge in [0.25, 0.3) is 0 Å². The highest BCUT2D eigenvalue weighted by atomic mass is 14.6. The molecule has 0 aliphatic heterocycles. The Morgan fingerprint density at radius 1 is 1.03 bits per heavy atom. The molecule has 0 N–H and O–H groups in total. The molecule has 0 bridgehead atoms. The van der Waals surface area contributed by atoms with Gasteiger partial charge in [-0.15, -0.1) is 0 Å². The maximum absolute atomic E-state index is 4.30. The van der Waals surface area contributed by atoms with Crippen molar-refractivity contribution >= 4 is 0 Å². The summed E-state index contributed by atoms with van der Waals surface area (Å²) in [6.45, 7) is 8.96. The van der Waals surface area contributed by atoms with Crippen LogP contribution in [-0.2, 0) is 11.8 Å². The summed E-state index contributed by atoms with van der Waals surface area (Å²) < 4.78 is 0. The third kappa shape index (κ3) is 2.89. The second-order valence-corrected chi connectivity index (χ2v) is 10.3. The summed E-state index contributed by atoms with van der Waals surface area (Å²) in [5, 5.41) is 0. The molecule has 3 saturated carbocycles. The molecule has 152 valence electrons. The summed E-state index contributed by atoms with van der Waals surface area (Å²) in [5.41, 5.74) is 9.94. The van der Waals surface area contributed by atoms with E-state index in [1.165, 1.54) is 80.9 Å². The first kappa shape index (κ1) is 19.3. The third-order valence-electron chi connectivity index (χ3n) is 8.89. The van der Waals surface area contributed by atoms with E-state index < -0.39 is 0 Å². The SMILES string of the molecule is C=C1C=C2CC3(c4ccc(CC)cc4C)CCCCC3C3(CCCCC3)C2=C[CH+]1. The Morgan fingerprint density at radius 3 is 2.55 bits per heavy atom. The molecule has 0 heteroatoms. The average Bonchev–Trinajstić information content (AvgIpc) is 2.74. The number of benzene rings is 1. The first-order chi connectivity index (χ1) is 14.1. The van der Waals surface area contributed by atoms with E-state index in [-0.39, 0.29) is 0 Å². The summed E-state index contributed by atoms with van der Waals surface area (Å²) in [6, 6.07) is 7.43. The molecule has 4 aliphatic rings. The molecule has 5 rings (SSSR count). The zero-order valence-corrected chi connectivity index (χ0v) is 18.5. The van der Waals surface area contributed by atoms with Crippen LogP contribution < -0.4 is 0 Å². The van der Waals surface area contributed by atoms with E-state index in [4.69, 9.17) is 0 Å². The van der Waals surface area contributed by atoms with Crippen molar-refractivity contribution < 1.29 is 0 Å². The molecule has 4 aliphatic carbocycles. The molecular weight excluding hydrogens is 348 g/mol. The van der Waals surface area contributed by atoms with Gasteiger partial charge in [-0.1, -0.05) is 57.2 Å². The molecule has 1 spiro atoms. The fraction of sp³-hybridized carbons (Fsp3) is 0.552. The van der Waals surface area contributed by atoms with Gasteiger partial charge in [-0.2, -0.15) is 0 Å². The van der Waals surface area contributed by atoms with Crippen LogP contribution in [0.4, 0.5) is 0 Å². The molecule has 2 atom stereocenters. The van der Waals surface area contributed by atoms with Crippen LogP contribution in [0.3, 0.4) is 0 Å². The number of fused-ring (bicyclic) bond motifs is 4. The number of rotatable bonds is 2. The van der Waals surface area contributed by atoms with Gasteiger partial charge in [0.2, 0.25) is 0 Å². The molecule has 0 saturated heterocycles. The molecule has 0 nitrogen and oxygen atoms in total. The van der Waals surface area contributed by atoms with E-state index in [0.717, 1.165) is 12.3 Å². The highest BCUT2D eigenvalue weighted by Crippen LogP contribution is 2.67. The Bertz CT molecular complexity index is 873. The molecule has 0 heterocycles. The highest BCUT2D eigenvalue weighted by molar-refractivity contribution is 5.56. The normalized spacial score (nSPS) is 30.7. The molecule has 0 radical (unpaired) electrons.